The molecule has 1 aromatic heterocycles. The van der Waals surface area contributed by atoms with E-state index in [1.165, 1.54) is 4.57 Å². The molecule has 112 valence electrons. The number of nitrogens with zero attached hydrogens (tertiary/aromatic N) is 1. The first-order valence-electron chi connectivity index (χ1n) is 6.68. The molecule has 2 heterocycles. The Hall–Kier alpha value is -2.54. The first kappa shape index (κ1) is 14.4. The Labute approximate surface area is 130 Å². The Morgan fingerprint density at radius 1 is 1.18 bits per heavy atom. The predicted molar refractivity (Wildman–Crippen MR) is 84.6 cm³/mol. The maximum absolute atomic E-state index is 12.4. The number of nitrogens with two attached hydrogens (primary N) is 1. The molecule has 1 aliphatic heterocycles. The van der Waals surface area contributed by atoms with Gasteiger partial charge < -0.3 is 5.73 Å². The summed E-state index contributed by atoms with van der Waals surface area (Å²) in [5.74, 6) is -0.357. The van der Waals surface area contributed by atoms with E-state index in [2.05, 4.69) is 5.32 Å². The van der Waals surface area contributed by atoms with Crippen LogP contribution < -0.4 is 16.6 Å². The van der Waals surface area contributed by atoms with E-state index in [0.29, 0.717) is 5.69 Å². The molecule has 0 atom stereocenters. The van der Waals surface area contributed by atoms with Crippen LogP contribution in [0.4, 0.5) is 5.82 Å². The van der Waals surface area contributed by atoms with Crippen LogP contribution in [0.25, 0.3) is 5.69 Å². The Morgan fingerprint density at radius 3 is 2.64 bits per heavy atom. The molecular weight excluding hydrogens is 302 g/mol. The van der Waals surface area contributed by atoms with Crippen molar-refractivity contribution in [3.63, 3.8) is 0 Å². The zero-order chi connectivity index (χ0) is 15.9. The van der Waals surface area contributed by atoms with Crippen molar-refractivity contribution in [1.29, 1.82) is 0 Å². The standard InChI is InChI=1S/C15H13N3O3S/c1-2-22-10-6-4-3-5-9(10)18-11(19)7-8-12(13(18)16)15(21)17-14(8)20/h3-7H,2,16H2,1H3,(H,17,20,21). The van der Waals surface area contributed by atoms with Crippen LogP contribution in [-0.4, -0.2) is 22.1 Å². The maximum atomic E-state index is 12.4. The molecule has 2 aromatic rings. The highest BCUT2D eigenvalue weighted by atomic mass is 32.2. The molecule has 0 saturated heterocycles. The number of benzene rings is 1. The van der Waals surface area contributed by atoms with E-state index < -0.39 is 17.4 Å². The predicted octanol–water partition coefficient (Wildman–Crippen LogP) is 1.42. The third-order valence-corrected chi connectivity index (χ3v) is 4.30. The molecule has 3 rings (SSSR count). The van der Waals surface area contributed by atoms with Crippen LogP contribution in [0.15, 0.2) is 40.0 Å². The van der Waals surface area contributed by atoms with E-state index in [9.17, 15) is 14.4 Å². The molecule has 0 bridgehead atoms. The van der Waals surface area contributed by atoms with Gasteiger partial charge in [-0.25, -0.2) is 0 Å². The van der Waals surface area contributed by atoms with E-state index in [1.807, 2.05) is 19.1 Å². The van der Waals surface area contributed by atoms with Crippen molar-refractivity contribution in [2.75, 3.05) is 11.5 Å². The largest absolute Gasteiger partial charge is 0.384 e. The van der Waals surface area contributed by atoms with Crippen LogP contribution in [0.3, 0.4) is 0 Å². The minimum atomic E-state index is -0.591. The average Bonchev–Trinajstić information content (AvgIpc) is 2.75. The highest BCUT2D eigenvalue weighted by Crippen LogP contribution is 2.28. The molecule has 3 N–H and O–H groups in total. The van der Waals surface area contributed by atoms with Crippen molar-refractivity contribution in [1.82, 2.24) is 9.88 Å². The number of imide groups is 1. The van der Waals surface area contributed by atoms with Gasteiger partial charge in [-0.05, 0) is 17.9 Å². The van der Waals surface area contributed by atoms with Crippen LogP contribution in [-0.2, 0) is 0 Å². The zero-order valence-corrected chi connectivity index (χ0v) is 12.6. The van der Waals surface area contributed by atoms with Crippen molar-refractivity contribution in [2.24, 2.45) is 0 Å². The van der Waals surface area contributed by atoms with Crippen LogP contribution in [0.1, 0.15) is 27.6 Å². The van der Waals surface area contributed by atoms with Crippen LogP contribution in [0.5, 0.6) is 0 Å². The van der Waals surface area contributed by atoms with Gasteiger partial charge in [0.1, 0.15) is 5.82 Å². The minimum absolute atomic E-state index is 0.0185. The monoisotopic (exact) mass is 315 g/mol. The van der Waals surface area contributed by atoms with Gasteiger partial charge in [-0.2, -0.15) is 0 Å². The zero-order valence-electron chi connectivity index (χ0n) is 11.8. The quantitative estimate of drug-likeness (QED) is 0.660. The van der Waals surface area contributed by atoms with Gasteiger partial charge in [0.25, 0.3) is 17.4 Å². The molecule has 0 aliphatic carbocycles. The molecule has 0 fully saturated rings. The van der Waals surface area contributed by atoms with E-state index in [-0.39, 0.29) is 16.9 Å². The fourth-order valence-corrected chi connectivity index (χ4v) is 3.24. The number of carbonyl (C=O) groups excluding carboxylic acids is 2. The number of amides is 2. The Morgan fingerprint density at radius 2 is 1.91 bits per heavy atom. The van der Waals surface area contributed by atoms with Gasteiger partial charge in [0.2, 0.25) is 0 Å². The number of nitrogens with one attached hydrogen (secondary N) is 1. The lowest BCUT2D eigenvalue weighted by atomic mass is 10.1. The van der Waals surface area contributed by atoms with Gasteiger partial charge >= 0.3 is 0 Å². The van der Waals surface area contributed by atoms with E-state index in [1.54, 1.807) is 23.9 Å². The summed E-state index contributed by atoms with van der Waals surface area (Å²) in [6.07, 6.45) is 0. The minimum Gasteiger partial charge on any atom is -0.384 e. The lowest BCUT2D eigenvalue weighted by Crippen LogP contribution is -2.24. The second kappa shape index (κ2) is 5.34. The first-order valence-corrected chi connectivity index (χ1v) is 7.66. The Bertz CT molecular complexity index is 858. The smallest absolute Gasteiger partial charge is 0.262 e. The normalized spacial score (nSPS) is 13.1. The summed E-state index contributed by atoms with van der Waals surface area (Å²) in [7, 11) is 0. The number of pyridine rings is 1. The van der Waals surface area contributed by atoms with E-state index >= 15 is 0 Å². The summed E-state index contributed by atoms with van der Waals surface area (Å²) < 4.78 is 1.27. The third-order valence-electron chi connectivity index (χ3n) is 3.36. The molecule has 6 nitrogen and oxygen atoms in total. The number of anilines is 1. The molecule has 0 unspecified atom stereocenters. The fourth-order valence-electron chi connectivity index (χ4n) is 2.45. The highest BCUT2D eigenvalue weighted by Gasteiger charge is 2.32. The summed E-state index contributed by atoms with van der Waals surface area (Å²) in [6, 6.07) is 8.45. The SMILES string of the molecule is CCSc1ccccc1-n1c(N)c2c(cc1=O)C(=O)NC2=O. The number of aromatic nitrogens is 1. The maximum Gasteiger partial charge on any atom is 0.262 e. The molecule has 0 radical (unpaired) electrons. The number of hydrogen-bond donors (Lipinski definition) is 2. The second-order valence-electron chi connectivity index (χ2n) is 4.68. The van der Waals surface area contributed by atoms with Gasteiger partial charge in [-0.15, -0.1) is 11.8 Å². The molecule has 22 heavy (non-hydrogen) atoms. The van der Waals surface area contributed by atoms with E-state index in [0.717, 1.165) is 16.7 Å². The lowest BCUT2D eigenvalue weighted by Gasteiger charge is -2.15. The van der Waals surface area contributed by atoms with Crippen molar-refractivity contribution in [3.8, 4) is 5.69 Å². The summed E-state index contributed by atoms with van der Waals surface area (Å²) in [4.78, 5) is 36.8. The summed E-state index contributed by atoms with van der Waals surface area (Å²) in [5.41, 5.74) is 6.28. The number of nitrogen functional groups attached to an aromatic ring is 1. The summed E-state index contributed by atoms with van der Waals surface area (Å²) in [5, 5.41) is 2.15. The van der Waals surface area contributed by atoms with Crippen molar-refractivity contribution >= 4 is 29.4 Å². The second-order valence-corrected chi connectivity index (χ2v) is 5.98. The van der Waals surface area contributed by atoms with Gasteiger partial charge in [0, 0.05) is 11.0 Å². The van der Waals surface area contributed by atoms with Crippen LogP contribution in [0.2, 0.25) is 0 Å². The average molecular weight is 315 g/mol. The summed E-state index contributed by atoms with van der Waals surface area (Å²) >= 11 is 1.57. The fraction of sp³-hybridized carbons (Fsp3) is 0.133. The Balaban J connectivity index is 2.31. The number of fused-ring (bicyclic) bond motifs is 1. The lowest BCUT2D eigenvalue weighted by molar-refractivity contribution is 0.0880. The topological polar surface area (TPSA) is 94.2 Å². The van der Waals surface area contributed by atoms with Crippen molar-refractivity contribution in [2.45, 2.75) is 11.8 Å². The number of para-hydroxylation sites is 1. The number of hydrogen-bond acceptors (Lipinski definition) is 5. The number of carbonyl (C=O) groups is 2. The molecule has 2 amide bonds. The Kier molecular flexibility index (Phi) is 3.50. The number of rotatable bonds is 3. The number of thioether (sulfide) groups is 1. The molecule has 1 aromatic carbocycles. The molecule has 1 aliphatic rings. The van der Waals surface area contributed by atoms with Crippen molar-refractivity contribution in [3.05, 3.63) is 51.8 Å². The molecule has 0 spiro atoms. The van der Waals surface area contributed by atoms with Gasteiger partial charge in [0.15, 0.2) is 0 Å². The molecule has 7 heteroatoms. The van der Waals surface area contributed by atoms with Crippen molar-refractivity contribution < 1.29 is 9.59 Å². The molecule has 0 saturated carbocycles. The van der Waals surface area contributed by atoms with Gasteiger partial charge in [-0.3, -0.25) is 24.3 Å². The first-order chi connectivity index (χ1) is 10.5. The van der Waals surface area contributed by atoms with Crippen LogP contribution in [0, 0.1) is 0 Å². The molecular formula is C15H13N3O3S. The van der Waals surface area contributed by atoms with E-state index in [4.69, 9.17) is 5.73 Å². The third kappa shape index (κ3) is 2.10. The van der Waals surface area contributed by atoms with Gasteiger partial charge in [-0.1, -0.05) is 19.1 Å². The van der Waals surface area contributed by atoms with Gasteiger partial charge in [0.05, 0.1) is 16.8 Å². The van der Waals surface area contributed by atoms with Crippen LogP contribution >= 0.6 is 11.8 Å². The highest BCUT2D eigenvalue weighted by molar-refractivity contribution is 7.99. The summed E-state index contributed by atoms with van der Waals surface area (Å²) in [6.45, 7) is 2.00.